The number of aryl methyl sites for hydroxylation is 2. The molecule has 1 aliphatic rings. The van der Waals surface area contributed by atoms with Gasteiger partial charge in [-0.3, -0.25) is 9.36 Å². The monoisotopic (exact) mass is 206 g/mol. The lowest BCUT2D eigenvalue weighted by Crippen LogP contribution is -2.43. The fourth-order valence-corrected chi connectivity index (χ4v) is 2.48. The molecule has 1 unspecified atom stereocenters. The van der Waals surface area contributed by atoms with Crippen molar-refractivity contribution in [2.24, 2.45) is 0 Å². The summed E-state index contributed by atoms with van der Waals surface area (Å²) in [5, 5.41) is 0. The molecule has 0 N–H and O–H groups in total. The van der Waals surface area contributed by atoms with Crippen molar-refractivity contribution in [1.82, 2.24) is 9.55 Å². The van der Waals surface area contributed by atoms with E-state index < -0.39 is 0 Å². The van der Waals surface area contributed by atoms with Gasteiger partial charge in [-0.2, -0.15) is 0 Å². The first-order valence-corrected chi connectivity index (χ1v) is 5.67. The Hall–Kier alpha value is -1.12. The maximum Gasteiger partial charge on any atom is 0.254 e. The van der Waals surface area contributed by atoms with Crippen LogP contribution in [-0.4, -0.2) is 9.55 Å². The van der Waals surface area contributed by atoms with Crippen molar-refractivity contribution in [3.8, 4) is 0 Å². The zero-order chi connectivity index (χ0) is 11.1. The summed E-state index contributed by atoms with van der Waals surface area (Å²) in [7, 11) is 0. The molecular formula is C12H18N2O. The minimum atomic E-state index is -0.0225. The van der Waals surface area contributed by atoms with Crippen molar-refractivity contribution >= 4 is 0 Å². The van der Waals surface area contributed by atoms with Crippen molar-refractivity contribution < 1.29 is 0 Å². The van der Waals surface area contributed by atoms with Crippen molar-refractivity contribution in [3.05, 3.63) is 27.9 Å². The van der Waals surface area contributed by atoms with Gasteiger partial charge >= 0.3 is 0 Å². The molecule has 0 spiro atoms. The second-order valence-electron chi connectivity index (χ2n) is 4.69. The molecule has 1 aromatic heterocycles. The number of hydrogen-bond donors (Lipinski definition) is 0. The molecule has 2 rings (SSSR count). The third-order valence-electron chi connectivity index (χ3n) is 3.53. The average Bonchev–Trinajstić information content (AvgIpc) is 2.16. The summed E-state index contributed by atoms with van der Waals surface area (Å²) >= 11 is 0. The van der Waals surface area contributed by atoms with E-state index in [1.807, 2.05) is 11.5 Å². The Morgan fingerprint density at radius 1 is 1.60 bits per heavy atom. The molecule has 15 heavy (non-hydrogen) atoms. The zero-order valence-corrected chi connectivity index (χ0v) is 9.71. The Morgan fingerprint density at radius 3 is 3.00 bits per heavy atom. The lowest BCUT2D eigenvalue weighted by molar-refractivity contribution is 0.228. The highest BCUT2D eigenvalue weighted by Crippen LogP contribution is 2.30. The molecule has 0 amide bonds. The maximum atomic E-state index is 12.0. The lowest BCUT2D eigenvalue weighted by atomic mass is 9.88. The molecule has 0 radical (unpaired) electrons. The van der Waals surface area contributed by atoms with Gasteiger partial charge in [0.25, 0.3) is 5.56 Å². The van der Waals surface area contributed by atoms with Crippen molar-refractivity contribution in [2.45, 2.75) is 52.0 Å². The molecule has 0 fully saturated rings. The van der Waals surface area contributed by atoms with Crippen LogP contribution in [0.2, 0.25) is 0 Å². The van der Waals surface area contributed by atoms with Crippen molar-refractivity contribution in [2.75, 3.05) is 0 Å². The second kappa shape index (κ2) is 3.47. The van der Waals surface area contributed by atoms with Crippen LogP contribution in [0.5, 0.6) is 0 Å². The average molecular weight is 206 g/mol. The number of fused-ring (bicyclic) bond motifs is 1. The van der Waals surface area contributed by atoms with Crippen LogP contribution in [0.1, 0.15) is 44.6 Å². The Morgan fingerprint density at radius 2 is 2.33 bits per heavy atom. The van der Waals surface area contributed by atoms with E-state index >= 15 is 0 Å². The largest absolute Gasteiger partial charge is 0.291 e. The third kappa shape index (κ3) is 1.60. The van der Waals surface area contributed by atoms with Gasteiger partial charge in [0, 0.05) is 23.7 Å². The van der Waals surface area contributed by atoms with Crippen LogP contribution in [0.15, 0.2) is 10.9 Å². The van der Waals surface area contributed by atoms with Gasteiger partial charge in [0.15, 0.2) is 0 Å². The van der Waals surface area contributed by atoms with E-state index in [0.717, 1.165) is 37.2 Å². The van der Waals surface area contributed by atoms with Gasteiger partial charge in [0.1, 0.15) is 5.82 Å². The summed E-state index contributed by atoms with van der Waals surface area (Å²) in [6, 6.07) is 1.64. The van der Waals surface area contributed by atoms with E-state index in [9.17, 15) is 4.79 Å². The van der Waals surface area contributed by atoms with E-state index in [0.29, 0.717) is 0 Å². The molecular weight excluding hydrogens is 188 g/mol. The highest BCUT2D eigenvalue weighted by molar-refractivity contribution is 5.09. The van der Waals surface area contributed by atoms with Crippen molar-refractivity contribution in [1.29, 1.82) is 0 Å². The standard InChI is InChI=1S/C12H18N2O/c1-4-12(3)7-5-6-10-13-9(2)8-11(15)14(10)12/h8H,4-7H2,1-3H3. The van der Waals surface area contributed by atoms with Gasteiger partial charge in [-0.05, 0) is 33.1 Å². The molecule has 1 atom stereocenters. The summed E-state index contributed by atoms with van der Waals surface area (Å²) < 4.78 is 1.91. The van der Waals surface area contributed by atoms with Crippen LogP contribution in [0.25, 0.3) is 0 Å². The van der Waals surface area contributed by atoms with Crippen LogP contribution >= 0.6 is 0 Å². The Kier molecular flexibility index (Phi) is 2.41. The van der Waals surface area contributed by atoms with E-state index in [1.165, 1.54) is 0 Å². The van der Waals surface area contributed by atoms with Crippen LogP contribution < -0.4 is 5.56 Å². The highest BCUT2D eigenvalue weighted by atomic mass is 16.1. The van der Waals surface area contributed by atoms with E-state index in [4.69, 9.17) is 0 Å². The van der Waals surface area contributed by atoms with E-state index in [1.54, 1.807) is 6.07 Å². The smallest absolute Gasteiger partial charge is 0.254 e. The first kappa shape index (κ1) is 10.4. The maximum absolute atomic E-state index is 12.0. The summed E-state index contributed by atoms with van der Waals surface area (Å²) in [5.41, 5.74) is 0.930. The number of hydrogen-bond acceptors (Lipinski definition) is 2. The normalized spacial score (nSPS) is 25.0. The van der Waals surface area contributed by atoms with Crippen LogP contribution in [0.4, 0.5) is 0 Å². The SMILES string of the molecule is CCC1(C)CCCc2nc(C)cc(=O)n21. The summed E-state index contributed by atoms with van der Waals surface area (Å²) in [4.78, 5) is 16.5. The minimum absolute atomic E-state index is 0.0225. The lowest BCUT2D eigenvalue weighted by Gasteiger charge is -2.36. The molecule has 0 aromatic carbocycles. The van der Waals surface area contributed by atoms with Gasteiger partial charge < -0.3 is 0 Å². The molecule has 2 heterocycles. The first-order valence-electron chi connectivity index (χ1n) is 5.67. The quantitative estimate of drug-likeness (QED) is 0.704. The van der Waals surface area contributed by atoms with Gasteiger partial charge in [0.05, 0.1) is 0 Å². The third-order valence-corrected chi connectivity index (χ3v) is 3.53. The molecule has 0 saturated heterocycles. The Bertz CT molecular complexity index is 436. The topological polar surface area (TPSA) is 34.9 Å². The van der Waals surface area contributed by atoms with E-state index in [2.05, 4.69) is 18.8 Å². The highest BCUT2D eigenvalue weighted by Gasteiger charge is 2.31. The number of aromatic nitrogens is 2. The van der Waals surface area contributed by atoms with Crippen LogP contribution in [0.3, 0.4) is 0 Å². The Balaban J connectivity index is 2.66. The summed E-state index contributed by atoms with van der Waals surface area (Å²) in [6.45, 7) is 6.19. The molecule has 3 heteroatoms. The predicted octanol–water partition coefficient (Wildman–Crippen LogP) is 2.01. The second-order valence-corrected chi connectivity index (χ2v) is 4.69. The van der Waals surface area contributed by atoms with Crippen LogP contribution in [0, 0.1) is 6.92 Å². The molecule has 0 saturated carbocycles. The molecule has 1 aliphatic heterocycles. The van der Waals surface area contributed by atoms with Crippen LogP contribution in [-0.2, 0) is 12.0 Å². The molecule has 82 valence electrons. The van der Waals surface area contributed by atoms with Gasteiger partial charge in [-0.15, -0.1) is 0 Å². The molecule has 1 aromatic rings. The Labute approximate surface area is 90.2 Å². The zero-order valence-electron chi connectivity index (χ0n) is 9.71. The number of rotatable bonds is 1. The first-order chi connectivity index (χ1) is 7.07. The predicted molar refractivity (Wildman–Crippen MR) is 60.1 cm³/mol. The van der Waals surface area contributed by atoms with Gasteiger partial charge in [-0.25, -0.2) is 4.98 Å². The van der Waals surface area contributed by atoms with Gasteiger partial charge in [-0.1, -0.05) is 6.92 Å². The minimum Gasteiger partial charge on any atom is -0.291 e. The van der Waals surface area contributed by atoms with Crippen molar-refractivity contribution in [3.63, 3.8) is 0 Å². The molecule has 0 aliphatic carbocycles. The van der Waals surface area contributed by atoms with Gasteiger partial charge in [0.2, 0.25) is 0 Å². The summed E-state index contributed by atoms with van der Waals surface area (Å²) in [6.07, 6.45) is 4.15. The fraction of sp³-hybridized carbons (Fsp3) is 0.667. The molecule has 3 nitrogen and oxygen atoms in total. The number of nitrogens with zero attached hydrogens (tertiary/aromatic N) is 2. The van der Waals surface area contributed by atoms with E-state index in [-0.39, 0.29) is 11.1 Å². The summed E-state index contributed by atoms with van der Waals surface area (Å²) in [5.74, 6) is 0.968. The molecule has 0 bridgehead atoms. The fourth-order valence-electron chi connectivity index (χ4n) is 2.48.